The second-order valence-corrected chi connectivity index (χ2v) is 4.16. The van der Waals surface area contributed by atoms with Gasteiger partial charge in [0.2, 0.25) is 0 Å². The van der Waals surface area contributed by atoms with Crippen LogP contribution in [0.15, 0.2) is 22.7 Å². The number of carboxylic acid groups (broad SMARTS) is 1. The van der Waals surface area contributed by atoms with Gasteiger partial charge < -0.3 is 15.0 Å². The number of aldehydes is 1. The third-order valence-electron chi connectivity index (χ3n) is 2.14. The van der Waals surface area contributed by atoms with Crippen molar-refractivity contribution < 1.29 is 19.8 Å². The lowest BCUT2D eigenvalue weighted by Gasteiger charge is -2.10. The van der Waals surface area contributed by atoms with Crippen molar-refractivity contribution in [3.8, 4) is 0 Å². The lowest BCUT2D eigenvalue weighted by atomic mass is 10.0. The van der Waals surface area contributed by atoms with Gasteiger partial charge in [0.05, 0.1) is 0 Å². The van der Waals surface area contributed by atoms with Crippen LogP contribution in [0.1, 0.15) is 23.7 Å². The van der Waals surface area contributed by atoms with Gasteiger partial charge in [0.1, 0.15) is 6.29 Å². The highest BCUT2D eigenvalue weighted by atomic mass is 79.9. The summed E-state index contributed by atoms with van der Waals surface area (Å²) in [6.07, 6.45) is 0.168. The minimum absolute atomic E-state index is 0.302. The number of aliphatic hydroxyl groups is 1. The standard InChI is InChI=1S/C11H11BrO4/c12-9-4-3-7(2-1-5-13)6-8(9)10(14)11(15)16/h3-6,10,14H,1-2H2,(H,15,16). The van der Waals surface area contributed by atoms with E-state index < -0.39 is 12.1 Å². The van der Waals surface area contributed by atoms with Gasteiger partial charge in [-0.3, -0.25) is 0 Å². The maximum absolute atomic E-state index is 10.7. The number of benzene rings is 1. The van der Waals surface area contributed by atoms with Crippen molar-refractivity contribution in [2.45, 2.75) is 18.9 Å². The summed E-state index contributed by atoms with van der Waals surface area (Å²) in [6, 6.07) is 5.04. The third kappa shape index (κ3) is 3.15. The lowest BCUT2D eigenvalue weighted by molar-refractivity contribution is -0.147. The van der Waals surface area contributed by atoms with Crippen molar-refractivity contribution in [1.29, 1.82) is 0 Å². The summed E-state index contributed by atoms with van der Waals surface area (Å²) < 4.78 is 0.539. The van der Waals surface area contributed by atoms with E-state index in [1.165, 1.54) is 0 Å². The summed E-state index contributed by atoms with van der Waals surface area (Å²) >= 11 is 3.17. The van der Waals surface area contributed by atoms with Crippen molar-refractivity contribution in [2.75, 3.05) is 0 Å². The summed E-state index contributed by atoms with van der Waals surface area (Å²) in [4.78, 5) is 20.9. The van der Waals surface area contributed by atoms with Gasteiger partial charge in [-0.1, -0.05) is 28.1 Å². The summed E-state index contributed by atoms with van der Waals surface area (Å²) in [5.41, 5.74) is 1.13. The average Bonchev–Trinajstić information content (AvgIpc) is 2.27. The summed E-state index contributed by atoms with van der Waals surface area (Å²) in [5, 5.41) is 18.1. The molecule has 0 radical (unpaired) electrons. The molecule has 0 fully saturated rings. The van der Waals surface area contributed by atoms with E-state index in [2.05, 4.69) is 15.9 Å². The van der Waals surface area contributed by atoms with Crippen molar-refractivity contribution in [2.24, 2.45) is 0 Å². The average molecular weight is 287 g/mol. The Morgan fingerprint density at radius 3 is 2.75 bits per heavy atom. The molecule has 1 rings (SSSR count). The Kier molecular flexibility index (Phi) is 4.64. The van der Waals surface area contributed by atoms with Crippen LogP contribution in [0, 0.1) is 0 Å². The Balaban J connectivity index is 2.98. The fraction of sp³-hybridized carbons (Fsp3) is 0.273. The van der Waals surface area contributed by atoms with Gasteiger partial charge in [-0.15, -0.1) is 0 Å². The van der Waals surface area contributed by atoms with Gasteiger partial charge in [-0.2, -0.15) is 0 Å². The van der Waals surface area contributed by atoms with E-state index in [1.807, 2.05) is 0 Å². The number of carboxylic acids is 1. The zero-order valence-corrected chi connectivity index (χ0v) is 9.98. The molecule has 5 heteroatoms. The molecule has 4 nitrogen and oxygen atoms in total. The molecule has 1 aromatic rings. The predicted octanol–water partition coefficient (Wildman–Crippen LogP) is 1.70. The Morgan fingerprint density at radius 2 is 2.19 bits per heavy atom. The molecule has 1 atom stereocenters. The molecule has 0 saturated heterocycles. The van der Waals surface area contributed by atoms with Gasteiger partial charge in [-0.05, 0) is 18.1 Å². The Bertz CT molecular complexity index is 403. The van der Waals surface area contributed by atoms with Gasteiger partial charge in [0, 0.05) is 16.5 Å². The number of carbonyl (C=O) groups is 2. The smallest absolute Gasteiger partial charge is 0.337 e. The minimum atomic E-state index is -1.55. The molecule has 2 N–H and O–H groups in total. The first-order chi connectivity index (χ1) is 7.56. The molecule has 1 aromatic carbocycles. The van der Waals surface area contributed by atoms with Crippen molar-refractivity contribution in [3.63, 3.8) is 0 Å². The molecule has 0 bridgehead atoms. The van der Waals surface area contributed by atoms with Gasteiger partial charge in [-0.25, -0.2) is 4.79 Å². The van der Waals surface area contributed by atoms with Gasteiger partial charge >= 0.3 is 5.97 Å². The molecule has 0 aliphatic carbocycles. The molecule has 0 spiro atoms. The van der Waals surface area contributed by atoms with E-state index in [4.69, 9.17) is 5.11 Å². The Morgan fingerprint density at radius 1 is 1.50 bits per heavy atom. The van der Waals surface area contributed by atoms with Crippen molar-refractivity contribution >= 4 is 28.2 Å². The highest BCUT2D eigenvalue weighted by molar-refractivity contribution is 9.10. The molecule has 0 amide bonds. The molecule has 1 unspecified atom stereocenters. The monoisotopic (exact) mass is 286 g/mol. The highest BCUT2D eigenvalue weighted by Crippen LogP contribution is 2.25. The number of halogens is 1. The first kappa shape index (κ1) is 12.9. The molecule has 0 aliphatic rings. The number of aliphatic hydroxyl groups excluding tert-OH is 1. The maximum atomic E-state index is 10.7. The highest BCUT2D eigenvalue weighted by Gasteiger charge is 2.18. The maximum Gasteiger partial charge on any atom is 0.337 e. The number of carbonyl (C=O) groups excluding carboxylic acids is 1. The molecule has 16 heavy (non-hydrogen) atoms. The van der Waals surface area contributed by atoms with Crippen LogP contribution in [0.25, 0.3) is 0 Å². The molecule has 0 heterocycles. The largest absolute Gasteiger partial charge is 0.479 e. The second kappa shape index (κ2) is 5.77. The van der Waals surface area contributed by atoms with Crippen LogP contribution in [0.4, 0.5) is 0 Å². The van der Waals surface area contributed by atoms with E-state index in [1.54, 1.807) is 18.2 Å². The van der Waals surface area contributed by atoms with E-state index in [0.717, 1.165) is 11.8 Å². The molecular weight excluding hydrogens is 276 g/mol. The molecular formula is C11H11BrO4. The first-order valence-corrected chi connectivity index (χ1v) is 5.48. The normalized spacial score (nSPS) is 12.1. The molecule has 0 aliphatic heterocycles. The lowest BCUT2D eigenvalue weighted by Crippen LogP contribution is -2.11. The van der Waals surface area contributed by atoms with Gasteiger partial charge in [0.25, 0.3) is 0 Å². The molecule has 0 aromatic heterocycles. The van der Waals surface area contributed by atoms with Crippen molar-refractivity contribution in [1.82, 2.24) is 0 Å². The molecule has 86 valence electrons. The third-order valence-corrected chi connectivity index (χ3v) is 2.86. The van der Waals surface area contributed by atoms with E-state index >= 15 is 0 Å². The predicted molar refractivity (Wildman–Crippen MR) is 61.1 cm³/mol. The second-order valence-electron chi connectivity index (χ2n) is 3.30. The zero-order valence-electron chi connectivity index (χ0n) is 8.39. The van der Waals surface area contributed by atoms with Crippen LogP contribution in [0.5, 0.6) is 0 Å². The van der Waals surface area contributed by atoms with E-state index in [-0.39, 0.29) is 0 Å². The number of hydrogen-bond donors (Lipinski definition) is 2. The van der Waals surface area contributed by atoms with Crippen LogP contribution in [0.3, 0.4) is 0 Å². The van der Waals surface area contributed by atoms with Gasteiger partial charge in [0.15, 0.2) is 6.10 Å². The molecule has 0 saturated carbocycles. The topological polar surface area (TPSA) is 74.6 Å². The quantitative estimate of drug-likeness (QED) is 0.808. The number of aryl methyl sites for hydroxylation is 1. The number of rotatable bonds is 5. The summed E-state index contributed by atoms with van der Waals surface area (Å²) in [6.45, 7) is 0. The van der Waals surface area contributed by atoms with Crippen LogP contribution < -0.4 is 0 Å². The minimum Gasteiger partial charge on any atom is -0.479 e. The number of aliphatic carboxylic acids is 1. The van der Waals surface area contributed by atoms with Crippen LogP contribution in [-0.2, 0) is 16.0 Å². The Labute approximate surface area is 101 Å². The SMILES string of the molecule is O=CCCc1ccc(Br)c(C(O)C(=O)O)c1. The van der Waals surface area contributed by atoms with Crippen LogP contribution in [-0.4, -0.2) is 22.5 Å². The summed E-state index contributed by atoms with van der Waals surface area (Å²) in [7, 11) is 0. The van der Waals surface area contributed by atoms with Crippen LogP contribution >= 0.6 is 15.9 Å². The zero-order chi connectivity index (χ0) is 12.1. The van der Waals surface area contributed by atoms with Crippen molar-refractivity contribution in [3.05, 3.63) is 33.8 Å². The van der Waals surface area contributed by atoms with E-state index in [9.17, 15) is 14.7 Å². The first-order valence-electron chi connectivity index (χ1n) is 4.69. The summed E-state index contributed by atoms with van der Waals surface area (Å²) in [5.74, 6) is -1.30. The van der Waals surface area contributed by atoms with Crippen LogP contribution in [0.2, 0.25) is 0 Å². The fourth-order valence-electron chi connectivity index (χ4n) is 1.32. The Hall–Kier alpha value is -1.20. The van der Waals surface area contributed by atoms with E-state index in [0.29, 0.717) is 22.9 Å². The number of hydrogen-bond acceptors (Lipinski definition) is 3. The fourth-order valence-corrected chi connectivity index (χ4v) is 1.78.